The first kappa shape index (κ1) is 9.29. The van der Waals surface area contributed by atoms with E-state index in [2.05, 4.69) is 10.2 Å². The van der Waals surface area contributed by atoms with Crippen molar-refractivity contribution in [1.82, 2.24) is 0 Å². The highest BCUT2D eigenvalue weighted by molar-refractivity contribution is 6.65. The molecule has 0 fully saturated rings. The summed E-state index contributed by atoms with van der Waals surface area (Å²) in [5, 5.41) is 8.11. The molecule has 0 aromatic carbocycles. The second-order valence-electron chi connectivity index (χ2n) is 1.72. The second kappa shape index (κ2) is 4.16. The molecule has 0 rings (SSSR count). The van der Waals surface area contributed by atoms with Crippen LogP contribution in [0.25, 0.3) is 0 Å². The van der Waals surface area contributed by atoms with Gasteiger partial charge in [0.25, 0.3) is 0 Å². The lowest BCUT2D eigenvalue weighted by atomic mass is 10.3. The minimum Gasteiger partial charge on any atom is -0.198 e. The van der Waals surface area contributed by atoms with Gasteiger partial charge in [0, 0.05) is 6.42 Å². The molecule has 0 aliphatic carbocycles. The van der Waals surface area contributed by atoms with Gasteiger partial charge in [-0.1, -0.05) is 0 Å². The number of hydrogen-bond donors (Lipinski definition) is 0. The summed E-state index contributed by atoms with van der Waals surface area (Å²) in [6.07, 6.45) is 1.83. The average Bonchev–Trinajstić information content (AvgIpc) is 1.63. The lowest BCUT2D eigenvalue weighted by Gasteiger charge is -2.09. The van der Waals surface area contributed by atoms with Crippen LogP contribution in [-0.2, 0) is 0 Å². The number of nitrogens with zero attached hydrogens (tertiary/aromatic N) is 1. The molecule has 0 heterocycles. The van der Waals surface area contributed by atoms with E-state index in [0.717, 1.165) is 6.42 Å². The summed E-state index contributed by atoms with van der Waals surface area (Å²) in [5.74, 6) is 0. The van der Waals surface area contributed by atoms with Crippen LogP contribution in [0.3, 0.4) is 0 Å². The van der Waals surface area contributed by atoms with Gasteiger partial charge in [-0.3, -0.25) is 0 Å². The van der Waals surface area contributed by atoms with Crippen LogP contribution in [0.4, 0.5) is 0 Å². The Bertz CT molecular complexity index is 113. The van der Waals surface area contributed by atoms with Gasteiger partial charge in [0.1, 0.15) is 0 Å². The fourth-order valence-corrected chi connectivity index (χ4v) is 0.834. The summed E-state index contributed by atoms with van der Waals surface area (Å²) in [6.45, 7) is 0. The van der Waals surface area contributed by atoms with Crippen LogP contribution in [0.15, 0.2) is 0 Å². The van der Waals surface area contributed by atoms with Crippen LogP contribution in [0.5, 0.6) is 0 Å². The molecule has 0 saturated heterocycles. The van der Waals surface area contributed by atoms with Gasteiger partial charge < -0.3 is 0 Å². The molecule has 0 amide bonds. The van der Waals surface area contributed by atoms with Crippen LogP contribution < -0.4 is 0 Å². The molecule has 9 heavy (non-hydrogen) atoms. The maximum atomic E-state index is 8.11. The Morgan fingerprint density at radius 3 is 2.44 bits per heavy atom. The molecule has 0 aliphatic heterocycles. The molecule has 4 heteroatoms. The van der Waals surface area contributed by atoms with Crippen molar-refractivity contribution >= 4 is 33.4 Å². The monoisotopic (exact) mass is 178 g/mol. The number of halogens is 2. The lowest BCUT2D eigenvalue weighted by molar-refractivity contribution is 0.773. The summed E-state index contributed by atoms with van der Waals surface area (Å²) >= 11 is 11.1. The van der Waals surface area contributed by atoms with Gasteiger partial charge in [-0.25, -0.2) is 0 Å². The fraction of sp³-hybridized carbons (Fsp3) is 0.800. The van der Waals surface area contributed by atoms with Gasteiger partial charge in [-0.2, -0.15) is 5.26 Å². The molecule has 0 saturated carbocycles. The first-order valence-electron chi connectivity index (χ1n) is 2.56. The lowest BCUT2D eigenvalue weighted by Crippen LogP contribution is -2.10. The number of alkyl halides is 2. The Balaban J connectivity index is 3.20. The topological polar surface area (TPSA) is 23.8 Å². The van der Waals surface area contributed by atoms with Crippen LogP contribution in [0.1, 0.15) is 19.3 Å². The normalized spacial score (nSPS) is 10.9. The van der Waals surface area contributed by atoms with Crippen LogP contribution in [0, 0.1) is 11.3 Å². The van der Waals surface area contributed by atoms with Crippen molar-refractivity contribution in [2.75, 3.05) is 0 Å². The van der Waals surface area contributed by atoms with Crippen molar-refractivity contribution < 1.29 is 0 Å². The van der Waals surface area contributed by atoms with Crippen molar-refractivity contribution in [1.29, 1.82) is 5.26 Å². The van der Waals surface area contributed by atoms with E-state index in [1.165, 1.54) is 0 Å². The maximum Gasteiger partial charge on any atom is 0.0998 e. The number of nitriles is 1. The molecule has 0 aliphatic rings. The molecule has 0 N–H and O–H groups in total. The zero-order valence-corrected chi connectivity index (χ0v) is 7.34. The molecule has 0 spiro atoms. The SMILES string of the molecule is N#CCCCC([Si])(Cl)Cl. The van der Waals surface area contributed by atoms with E-state index in [-0.39, 0.29) is 0 Å². The van der Waals surface area contributed by atoms with Crippen LogP contribution in [0.2, 0.25) is 0 Å². The van der Waals surface area contributed by atoms with E-state index in [9.17, 15) is 0 Å². The number of rotatable bonds is 3. The smallest absolute Gasteiger partial charge is 0.0998 e. The minimum atomic E-state index is -0.850. The van der Waals surface area contributed by atoms with Crippen LogP contribution >= 0.6 is 23.2 Å². The third kappa shape index (κ3) is 8.29. The van der Waals surface area contributed by atoms with E-state index < -0.39 is 3.96 Å². The standard InChI is InChI=1S/C5H6Cl2NSi/c6-5(7,9)3-1-2-4-8/h1-3H2. The molecular weight excluding hydrogens is 173 g/mol. The van der Waals surface area contributed by atoms with Crippen molar-refractivity contribution in [3.05, 3.63) is 0 Å². The Kier molecular flexibility index (Phi) is 4.29. The summed E-state index contributed by atoms with van der Waals surface area (Å²) in [5.41, 5.74) is 0. The highest BCUT2D eigenvalue weighted by Gasteiger charge is 2.14. The molecule has 0 atom stereocenters. The van der Waals surface area contributed by atoms with E-state index in [1.54, 1.807) is 0 Å². The fourth-order valence-electron chi connectivity index (χ4n) is 0.389. The molecule has 0 aromatic rings. The minimum absolute atomic E-state index is 0.506. The van der Waals surface area contributed by atoms with Gasteiger partial charge >= 0.3 is 0 Å². The van der Waals surface area contributed by atoms with E-state index >= 15 is 0 Å². The Morgan fingerprint density at radius 1 is 1.56 bits per heavy atom. The highest BCUT2D eigenvalue weighted by Crippen LogP contribution is 2.22. The van der Waals surface area contributed by atoms with Crippen molar-refractivity contribution in [3.8, 4) is 6.07 Å². The first-order valence-corrected chi connectivity index (χ1v) is 3.81. The van der Waals surface area contributed by atoms with Gasteiger partial charge in [-0.15, -0.1) is 23.2 Å². The molecule has 49 valence electrons. The Morgan fingerprint density at radius 2 is 2.11 bits per heavy atom. The Labute approximate surface area is 68.4 Å². The molecular formula is C5H6Cl2NSi. The maximum absolute atomic E-state index is 8.11. The molecule has 1 nitrogen and oxygen atoms in total. The van der Waals surface area contributed by atoms with Crippen LogP contribution in [-0.4, -0.2) is 14.2 Å². The number of unbranched alkanes of at least 4 members (excludes halogenated alkanes) is 1. The molecule has 0 aromatic heterocycles. The second-order valence-corrected chi connectivity index (χ2v) is 4.69. The van der Waals surface area contributed by atoms with E-state index in [0.29, 0.717) is 12.8 Å². The zero-order chi connectivity index (χ0) is 7.33. The number of hydrogen-bond acceptors (Lipinski definition) is 1. The third-order valence-electron chi connectivity index (χ3n) is 0.779. The molecule has 3 radical (unpaired) electrons. The highest BCUT2D eigenvalue weighted by atomic mass is 35.5. The molecule has 0 bridgehead atoms. The summed E-state index contributed by atoms with van der Waals surface area (Å²) in [7, 11) is 3.08. The molecule has 0 unspecified atom stereocenters. The van der Waals surface area contributed by atoms with Gasteiger partial charge in [0.15, 0.2) is 0 Å². The van der Waals surface area contributed by atoms with Crippen molar-refractivity contribution in [2.24, 2.45) is 0 Å². The van der Waals surface area contributed by atoms with Gasteiger partial charge in [0.05, 0.1) is 20.3 Å². The van der Waals surface area contributed by atoms with Crippen molar-refractivity contribution in [2.45, 2.75) is 23.2 Å². The quantitative estimate of drug-likeness (QED) is 0.369. The summed E-state index contributed by atoms with van der Waals surface area (Å²) in [6, 6.07) is 2.00. The van der Waals surface area contributed by atoms with E-state index in [4.69, 9.17) is 28.5 Å². The van der Waals surface area contributed by atoms with Gasteiger partial charge in [-0.05, 0) is 12.8 Å². The summed E-state index contributed by atoms with van der Waals surface area (Å²) in [4.78, 5) is 0. The largest absolute Gasteiger partial charge is 0.198 e. The van der Waals surface area contributed by atoms with Gasteiger partial charge in [0.2, 0.25) is 0 Å². The first-order chi connectivity index (χ1) is 4.06. The summed E-state index contributed by atoms with van der Waals surface area (Å²) < 4.78 is -0.850. The predicted octanol–water partition coefficient (Wildman–Crippen LogP) is 1.98. The zero-order valence-electron chi connectivity index (χ0n) is 4.82. The Hall–Kier alpha value is 0.287. The van der Waals surface area contributed by atoms with Crippen molar-refractivity contribution in [3.63, 3.8) is 0 Å². The average molecular weight is 179 g/mol. The third-order valence-corrected chi connectivity index (χ3v) is 1.41. The van der Waals surface area contributed by atoms with E-state index in [1.807, 2.05) is 6.07 Å². The predicted molar refractivity (Wildman–Crippen MR) is 39.7 cm³/mol.